The van der Waals surface area contributed by atoms with E-state index in [9.17, 15) is 36.2 Å². The molecule has 1 atom stereocenters. The summed E-state index contributed by atoms with van der Waals surface area (Å²) in [5.41, 5.74) is -0.415. The van der Waals surface area contributed by atoms with E-state index < -0.39 is 35.5 Å². The van der Waals surface area contributed by atoms with E-state index in [1.165, 1.54) is 11.8 Å². The molecule has 0 aliphatic heterocycles. The Balaban J connectivity index is 1.61. The van der Waals surface area contributed by atoms with Crippen molar-refractivity contribution in [2.45, 2.75) is 24.1 Å². The number of carboxylic acid groups (broad SMARTS) is 1. The van der Waals surface area contributed by atoms with Crippen LogP contribution in [-0.4, -0.2) is 37.8 Å². The molecule has 0 spiro atoms. The maximum absolute atomic E-state index is 13.0. The Morgan fingerprint density at radius 2 is 1.34 bits per heavy atom. The second-order valence-corrected chi connectivity index (χ2v) is 9.65. The summed E-state index contributed by atoms with van der Waals surface area (Å²) in [4.78, 5) is 24.5. The molecule has 0 aliphatic carbocycles. The van der Waals surface area contributed by atoms with Gasteiger partial charge >= 0.3 is 18.3 Å². The molecule has 4 aromatic rings. The van der Waals surface area contributed by atoms with Crippen LogP contribution in [0.5, 0.6) is 0 Å². The highest BCUT2D eigenvalue weighted by Gasteiger charge is 2.31. The van der Waals surface area contributed by atoms with Gasteiger partial charge in [-0.05, 0) is 42.0 Å². The number of rotatable bonds is 10. The zero-order chi connectivity index (χ0) is 29.6. The third-order valence-corrected chi connectivity index (χ3v) is 6.68. The molecule has 0 unspecified atom stereocenters. The number of anilines is 3. The number of benzene rings is 3. The van der Waals surface area contributed by atoms with Gasteiger partial charge in [0.25, 0.3) is 0 Å². The number of thioether (sulfide) groups is 1. The normalized spacial score (nSPS) is 12.5. The van der Waals surface area contributed by atoms with E-state index in [0.717, 1.165) is 54.1 Å². The molecule has 1 aromatic heterocycles. The van der Waals surface area contributed by atoms with Crippen molar-refractivity contribution in [3.05, 3.63) is 95.6 Å². The molecule has 0 fully saturated rings. The molecule has 0 saturated heterocycles. The smallest absolute Gasteiger partial charge is 0.416 e. The molecule has 3 aromatic carbocycles. The number of nitrogens with one attached hydrogen (secondary N) is 2. The van der Waals surface area contributed by atoms with Crippen molar-refractivity contribution in [2.24, 2.45) is 0 Å². The SMILES string of the molecule is O=C(O)[C@H](CSCc1ccccc1)Nc1nc(Nc2ccc(C(F)(F)F)cc2)nc(-c2ccc(C(F)(F)F)cc2)n1. The van der Waals surface area contributed by atoms with Crippen molar-refractivity contribution >= 4 is 35.3 Å². The zero-order valence-electron chi connectivity index (χ0n) is 20.9. The molecule has 0 radical (unpaired) electrons. The maximum Gasteiger partial charge on any atom is 0.416 e. The lowest BCUT2D eigenvalue weighted by molar-refractivity contribution is -0.138. The summed E-state index contributed by atoms with van der Waals surface area (Å²) in [6.07, 6.45) is -9.10. The first-order valence-corrected chi connectivity index (χ1v) is 13.0. The van der Waals surface area contributed by atoms with Gasteiger partial charge in [0.15, 0.2) is 5.82 Å². The molecule has 4 rings (SSSR count). The molecule has 0 bridgehead atoms. The first-order chi connectivity index (χ1) is 19.4. The van der Waals surface area contributed by atoms with Crippen molar-refractivity contribution < 1.29 is 36.2 Å². The van der Waals surface area contributed by atoms with Gasteiger partial charge in [0, 0.05) is 22.8 Å². The number of carboxylic acids is 1. The Labute approximate surface area is 234 Å². The summed E-state index contributed by atoms with van der Waals surface area (Å²) >= 11 is 1.35. The van der Waals surface area contributed by atoms with Crippen LogP contribution in [0.3, 0.4) is 0 Å². The van der Waals surface area contributed by atoms with Crippen LogP contribution in [-0.2, 0) is 22.9 Å². The van der Waals surface area contributed by atoms with Crippen molar-refractivity contribution in [3.63, 3.8) is 0 Å². The molecule has 0 saturated carbocycles. The molecule has 7 nitrogen and oxygen atoms in total. The van der Waals surface area contributed by atoms with Crippen LogP contribution in [0, 0.1) is 0 Å². The summed E-state index contributed by atoms with van der Waals surface area (Å²) in [7, 11) is 0. The van der Waals surface area contributed by atoms with E-state index in [4.69, 9.17) is 0 Å². The molecular weight excluding hydrogens is 572 g/mol. The topological polar surface area (TPSA) is 100 Å². The maximum atomic E-state index is 13.0. The van der Waals surface area contributed by atoms with Crippen LogP contribution in [0.25, 0.3) is 11.4 Å². The molecule has 0 aliphatic rings. The molecule has 214 valence electrons. The van der Waals surface area contributed by atoms with Crippen molar-refractivity contribution in [2.75, 3.05) is 16.4 Å². The van der Waals surface area contributed by atoms with Gasteiger partial charge in [-0.2, -0.15) is 53.1 Å². The van der Waals surface area contributed by atoms with E-state index in [-0.39, 0.29) is 34.7 Å². The minimum atomic E-state index is -4.56. The molecule has 41 heavy (non-hydrogen) atoms. The van der Waals surface area contributed by atoms with Gasteiger partial charge in [0.05, 0.1) is 11.1 Å². The van der Waals surface area contributed by atoms with Gasteiger partial charge in [-0.15, -0.1) is 0 Å². The third kappa shape index (κ3) is 8.33. The Morgan fingerprint density at radius 1 is 0.780 bits per heavy atom. The molecular formula is C27H21F6N5O2S. The number of aliphatic carboxylic acids is 1. The molecule has 14 heteroatoms. The number of hydrogen-bond donors (Lipinski definition) is 3. The van der Waals surface area contributed by atoms with Crippen molar-refractivity contribution in [1.82, 2.24) is 15.0 Å². The van der Waals surface area contributed by atoms with Gasteiger partial charge in [0.1, 0.15) is 6.04 Å². The second kappa shape index (κ2) is 12.5. The zero-order valence-corrected chi connectivity index (χ0v) is 21.7. The van der Waals surface area contributed by atoms with Gasteiger partial charge < -0.3 is 15.7 Å². The van der Waals surface area contributed by atoms with Crippen LogP contribution < -0.4 is 10.6 Å². The van der Waals surface area contributed by atoms with Gasteiger partial charge in [0.2, 0.25) is 11.9 Å². The molecule has 3 N–H and O–H groups in total. The first kappa shape index (κ1) is 29.6. The number of alkyl halides is 6. The van der Waals surface area contributed by atoms with Crippen LogP contribution in [0.2, 0.25) is 0 Å². The van der Waals surface area contributed by atoms with E-state index in [1.807, 2.05) is 30.3 Å². The summed E-state index contributed by atoms with van der Waals surface area (Å²) in [5.74, 6) is -0.991. The minimum Gasteiger partial charge on any atom is -0.480 e. The molecule has 0 amide bonds. The number of carbonyl (C=O) groups is 1. The lowest BCUT2D eigenvalue weighted by Crippen LogP contribution is -2.32. The van der Waals surface area contributed by atoms with E-state index in [1.54, 1.807) is 0 Å². The van der Waals surface area contributed by atoms with Crippen LogP contribution in [0.4, 0.5) is 43.9 Å². The Kier molecular flexibility index (Phi) is 9.01. The Bertz CT molecular complexity index is 1470. The Hall–Kier alpha value is -4.33. The predicted molar refractivity (Wildman–Crippen MR) is 143 cm³/mol. The quantitative estimate of drug-likeness (QED) is 0.167. The summed E-state index contributed by atoms with van der Waals surface area (Å²) < 4.78 is 77.9. The third-order valence-electron chi connectivity index (χ3n) is 5.57. The summed E-state index contributed by atoms with van der Waals surface area (Å²) in [5, 5.41) is 15.2. The minimum absolute atomic E-state index is 0.0910. The van der Waals surface area contributed by atoms with E-state index in [2.05, 4.69) is 25.6 Å². The van der Waals surface area contributed by atoms with Crippen LogP contribution in [0.1, 0.15) is 16.7 Å². The number of aromatic nitrogens is 3. The number of nitrogens with zero attached hydrogens (tertiary/aromatic N) is 3. The van der Waals surface area contributed by atoms with Gasteiger partial charge in [-0.1, -0.05) is 42.5 Å². The first-order valence-electron chi connectivity index (χ1n) is 11.9. The fourth-order valence-corrected chi connectivity index (χ4v) is 4.51. The fraction of sp³-hybridized carbons (Fsp3) is 0.185. The average Bonchev–Trinajstić information content (AvgIpc) is 2.92. The summed E-state index contributed by atoms with van der Waals surface area (Å²) in [6, 6.07) is 16.2. The van der Waals surface area contributed by atoms with E-state index >= 15 is 0 Å². The van der Waals surface area contributed by atoms with Crippen LogP contribution >= 0.6 is 11.8 Å². The van der Waals surface area contributed by atoms with Crippen molar-refractivity contribution in [3.8, 4) is 11.4 Å². The highest BCUT2D eigenvalue weighted by Crippen LogP contribution is 2.32. The monoisotopic (exact) mass is 593 g/mol. The second-order valence-electron chi connectivity index (χ2n) is 8.62. The lowest BCUT2D eigenvalue weighted by atomic mass is 10.1. The highest BCUT2D eigenvalue weighted by atomic mass is 32.2. The van der Waals surface area contributed by atoms with Crippen molar-refractivity contribution in [1.29, 1.82) is 0 Å². The highest BCUT2D eigenvalue weighted by molar-refractivity contribution is 7.98. The van der Waals surface area contributed by atoms with E-state index in [0.29, 0.717) is 5.75 Å². The summed E-state index contributed by atoms with van der Waals surface area (Å²) in [6.45, 7) is 0. The van der Waals surface area contributed by atoms with Gasteiger partial charge in [-0.25, -0.2) is 4.79 Å². The average molecular weight is 594 g/mol. The van der Waals surface area contributed by atoms with Gasteiger partial charge in [-0.3, -0.25) is 0 Å². The molecule has 1 heterocycles. The largest absolute Gasteiger partial charge is 0.480 e. The number of hydrogen-bond acceptors (Lipinski definition) is 7. The standard InChI is InChI=1S/C27H21F6N5O2S/c28-26(29,30)18-8-6-17(7-9-18)22-36-24(34-20-12-10-19(11-13-20)27(31,32)33)38-25(37-22)35-21(23(39)40)15-41-14-16-4-2-1-3-5-16/h1-13,21H,14-15H2,(H,39,40)(H2,34,35,36,37,38)/t21-/m0/s1. The fourth-order valence-electron chi connectivity index (χ4n) is 3.50. The lowest BCUT2D eigenvalue weighted by Gasteiger charge is -2.16. The Morgan fingerprint density at radius 3 is 1.90 bits per heavy atom. The van der Waals surface area contributed by atoms with Crippen LogP contribution in [0.15, 0.2) is 78.9 Å². The number of halogens is 6. The predicted octanol–water partition coefficient (Wildman–Crippen LogP) is 7.12.